The summed E-state index contributed by atoms with van der Waals surface area (Å²) < 4.78 is 31.2. The Bertz CT molecular complexity index is 457. The number of thiazole rings is 1. The standard InChI is InChI=1S/C9H15BrN2O3S2/c1-4-7(15-3)6-17(13,14)12(2)9-11-5-8(10)16-9/h5,7H,4,6H2,1-3H3. The monoisotopic (exact) mass is 342 g/mol. The Morgan fingerprint density at radius 3 is 2.71 bits per heavy atom. The van der Waals surface area contributed by atoms with Crippen LogP contribution in [0.5, 0.6) is 0 Å². The highest BCUT2D eigenvalue weighted by Gasteiger charge is 2.24. The summed E-state index contributed by atoms with van der Waals surface area (Å²) in [5, 5.41) is 0.447. The summed E-state index contributed by atoms with van der Waals surface area (Å²) in [5.74, 6) is -0.0340. The molecule has 0 aliphatic rings. The van der Waals surface area contributed by atoms with E-state index in [1.807, 2.05) is 6.92 Å². The fraction of sp³-hybridized carbons (Fsp3) is 0.667. The van der Waals surface area contributed by atoms with Crippen molar-refractivity contribution < 1.29 is 13.2 Å². The molecule has 1 atom stereocenters. The quantitative estimate of drug-likeness (QED) is 0.794. The third-order valence-electron chi connectivity index (χ3n) is 2.34. The lowest BCUT2D eigenvalue weighted by atomic mass is 10.3. The Morgan fingerprint density at radius 2 is 2.29 bits per heavy atom. The van der Waals surface area contributed by atoms with Crippen molar-refractivity contribution in [3.05, 3.63) is 9.98 Å². The SMILES string of the molecule is CCC(CS(=O)(=O)N(C)c1ncc(Br)s1)OC. The fourth-order valence-electron chi connectivity index (χ4n) is 1.21. The first-order chi connectivity index (χ1) is 7.90. The summed E-state index contributed by atoms with van der Waals surface area (Å²) in [7, 11) is -0.368. The van der Waals surface area contributed by atoms with Crippen molar-refractivity contribution in [2.45, 2.75) is 19.4 Å². The van der Waals surface area contributed by atoms with Gasteiger partial charge in [-0.05, 0) is 22.4 Å². The summed E-state index contributed by atoms with van der Waals surface area (Å²) in [6.45, 7) is 1.89. The van der Waals surface area contributed by atoms with Crippen LogP contribution in [-0.2, 0) is 14.8 Å². The van der Waals surface area contributed by atoms with Crippen LogP contribution in [0.15, 0.2) is 9.98 Å². The van der Waals surface area contributed by atoms with Crippen LogP contribution in [0, 0.1) is 0 Å². The second-order valence-corrected chi connectivity index (χ2v) is 7.89. The molecule has 0 N–H and O–H groups in total. The first-order valence-corrected chi connectivity index (χ1v) is 8.23. The molecule has 98 valence electrons. The summed E-state index contributed by atoms with van der Waals surface area (Å²) in [4.78, 5) is 4.02. The van der Waals surface area contributed by atoms with E-state index in [1.54, 1.807) is 6.20 Å². The van der Waals surface area contributed by atoms with Crippen LogP contribution in [0.1, 0.15) is 13.3 Å². The minimum atomic E-state index is -3.39. The Labute approximate surface area is 114 Å². The molecule has 0 bridgehead atoms. The van der Waals surface area contributed by atoms with E-state index >= 15 is 0 Å². The third-order valence-corrected chi connectivity index (χ3v) is 5.81. The van der Waals surface area contributed by atoms with E-state index in [2.05, 4.69) is 20.9 Å². The molecule has 0 aromatic carbocycles. The number of sulfonamides is 1. The van der Waals surface area contributed by atoms with Gasteiger partial charge in [0.2, 0.25) is 10.0 Å². The molecule has 5 nitrogen and oxygen atoms in total. The van der Waals surface area contributed by atoms with Crippen molar-refractivity contribution in [1.82, 2.24) is 4.98 Å². The number of hydrogen-bond acceptors (Lipinski definition) is 5. The summed E-state index contributed by atoms with van der Waals surface area (Å²) in [6.07, 6.45) is 1.95. The zero-order valence-electron chi connectivity index (χ0n) is 9.88. The van der Waals surface area contributed by atoms with Crippen LogP contribution in [0.3, 0.4) is 0 Å². The van der Waals surface area contributed by atoms with Gasteiger partial charge in [-0.3, -0.25) is 0 Å². The van der Waals surface area contributed by atoms with Crippen molar-refractivity contribution >= 4 is 42.4 Å². The van der Waals surface area contributed by atoms with Crippen molar-refractivity contribution in [3.63, 3.8) is 0 Å². The van der Waals surface area contributed by atoms with E-state index in [9.17, 15) is 8.42 Å². The van der Waals surface area contributed by atoms with Crippen molar-refractivity contribution in [2.75, 3.05) is 24.2 Å². The Kier molecular flexibility index (Phi) is 5.36. The van der Waals surface area contributed by atoms with E-state index in [1.165, 1.54) is 29.8 Å². The highest BCUT2D eigenvalue weighted by Crippen LogP contribution is 2.27. The van der Waals surface area contributed by atoms with Crippen LogP contribution in [0.2, 0.25) is 0 Å². The maximum absolute atomic E-state index is 12.1. The second-order valence-electron chi connectivity index (χ2n) is 3.46. The van der Waals surface area contributed by atoms with E-state index in [0.717, 1.165) is 3.79 Å². The third kappa shape index (κ3) is 3.90. The molecule has 0 spiro atoms. The topological polar surface area (TPSA) is 59.5 Å². The Hall–Kier alpha value is -0.180. The molecule has 1 unspecified atom stereocenters. The first kappa shape index (κ1) is 14.9. The lowest BCUT2D eigenvalue weighted by Crippen LogP contribution is -2.34. The largest absolute Gasteiger partial charge is 0.380 e. The van der Waals surface area contributed by atoms with E-state index in [-0.39, 0.29) is 11.9 Å². The summed E-state index contributed by atoms with van der Waals surface area (Å²) in [6, 6.07) is 0. The van der Waals surface area contributed by atoms with Gasteiger partial charge in [0.25, 0.3) is 0 Å². The van der Waals surface area contributed by atoms with E-state index in [4.69, 9.17) is 4.74 Å². The predicted octanol–water partition coefficient (Wildman–Crippen LogP) is 2.10. The molecule has 1 rings (SSSR count). The van der Waals surface area contributed by atoms with Gasteiger partial charge in [-0.15, -0.1) is 0 Å². The molecule has 0 radical (unpaired) electrons. The lowest BCUT2D eigenvalue weighted by molar-refractivity contribution is 0.117. The molecule has 0 saturated heterocycles. The van der Waals surface area contributed by atoms with Crippen LogP contribution in [0.25, 0.3) is 0 Å². The van der Waals surface area contributed by atoms with Gasteiger partial charge >= 0.3 is 0 Å². The second kappa shape index (κ2) is 6.12. The number of aromatic nitrogens is 1. The summed E-state index contributed by atoms with van der Waals surface area (Å²) >= 11 is 4.53. The van der Waals surface area contributed by atoms with Gasteiger partial charge < -0.3 is 4.74 Å². The minimum Gasteiger partial charge on any atom is -0.380 e. The molecule has 1 heterocycles. The van der Waals surface area contributed by atoms with Crippen LogP contribution < -0.4 is 4.31 Å². The number of nitrogens with zero attached hydrogens (tertiary/aromatic N) is 2. The molecule has 0 saturated carbocycles. The van der Waals surface area contributed by atoms with Gasteiger partial charge in [0.05, 0.1) is 21.8 Å². The molecular formula is C9H15BrN2O3S2. The number of hydrogen-bond donors (Lipinski definition) is 0. The molecule has 8 heteroatoms. The van der Waals surface area contributed by atoms with Crippen molar-refractivity contribution in [2.24, 2.45) is 0 Å². The molecule has 1 aromatic rings. The maximum Gasteiger partial charge on any atom is 0.239 e. The molecular weight excluding hydrogens is 328 g/mol. The number of halogens is 1. The predicted molar refractivity (Wildman–Crippen MR) is 73.1 cm³/mol. The normalized spacial score (nSPS) is 13.6. The molecule has 17 heavy (non-hydrogen) atoms. The zero-order chi connectivity index (χ0) is 13.1. The van der Waals surface area contributed by atoms with Gasteiger partial charge in [-0.25, -0.2) is 17.7 Å². The molecule has 0 fully saturated rings. The average molecular weight is 343 g/mol. The van der Waals surface area contributed by atoms with Gasteiger partial charge in [-0.2, -0.15) is 0 Å². The Morgan fingerprint density at radius 1 is 1.65 bits per heavy atom. The van der Waals surface area contributed by atoms with E-state index in [0.29, 0.717) is 11.6 Å². The van der Waals surface area contributed by atoms with Gasteiger partial charge in [0, 0.05) is 14.2 Å². The molecule has 0 amide bonds. The molecule has 1 aromatic heterocycles. The van der Waals surface area contributed by atoms with Crippen LogP contribution in [-0.4, -0.2) is 39.4 Å². The van der Waals surface area contributed by atoms with Gasteiger partial charge in [0.1, 0.15) is 0 Å². The smallest absolute Gasteiger partial charge is 0.239 e. The Balaban J connectivity index is 2.83. The number of methoxy groups -OCH3 is 1. The number of anilines is 1. The fourth-order valence-corrected chi connectivity index (χ4v) is 4.06. The highest BCUT2D eigenvalue weighted by molar-refractivity contribution is 9.11. The average Bonchev–Trinajstić information content (AvgIpc) is 2.71. The first-order valence-electron chi connectivity index (χ1n) is 5.01. The minimum absolute atomic E-state index is 0.0340. The lowest BCUT2D eigenvalue weighted by Gasteiger charge is -2.19. The van der Waals surface area contributed by atoms with Gasteiger partial charge in [-0.1, -0.05) is 18.3 Å². The zero-order valence-corrected chi connectivity index (χ0v) is 13.1. The molecule has 0 aliphatic carbocycles. The maximum atomic E-state index is 12.1. The highest BCUT2D eigenvalue weighted by atomic mass is 79.9. The number of rotatable bonds is 6. The molecule has 0 aliphatic heterocycles. The van der Waals surface area contributed by atoms with Gasteiger partial charge in [0.15, 0.2) is 5.13 Å². The van der Waals surface area contributed by atoms with Crippen molar-refractivity contribution in [1.29, 1.82) is 0 Å². The van der Waals surface area contributed by atoms with Crippen LogP contribution >= 0.6 is 27.3 Å². The van der Waals surface area contributed by atoms with Crippen molar-refractivity contribution in [3.8, 4) is 0 Å². The van der Waals surface area contributed by atoms with Crippen LogP contribution in [0.4, 0.5) is 5.13 Å². The van der Waals surface area contributed by atoms with E-state index < -0.39 is 10.0 Å². The number of ether oxygens (including phenoxy) is 1. The summed E-state index contributed by atoms with van der Waals surface area (Å²) in [5.41, 5.74) is 0.